The first-order chi connectivity index (χ1) is 3.93. The summed E-state index contributed by atoms with van der Waals surface area (Å²) < 4.78 is 0. The van der Waals surface area contributed by atoms with Crippen LogP contribution in [-0.4, -0.2) is 12.6 Å². The molecule has 0 aromatic heterocycles. The Labute approximate surface area is 46.3 Å². The van der Waals surface area contributed by atoms with Crippen LogP contribution in [0.2, 0.25) is 0 Å². The summed E-state index contributed by atoms with van der Waals surface area (Å²) >= 11 is 0. The summed E-state index contributed by atoms with van der Waals surface area (Å²) in [6, 6.07) is 0. The van der Waals surface area contributed by atoms with Crippen molar-refractivity contribution in [2.45, 2.75) is 0 Å². The third kappa shape index (κ3) is 0.841. The number of aliphatic imine (C=N–C) groups is 1. The van der Waals surface area contributed by atoms with Gasteiger partial charge in [-0.3, -0.25) is 10.2 Å². The van der Waals surface area contributed by atoms with Crippen LogP contribution in [0.1, 0.15) is 0 Å². The van der Waals surface area contributed by atoms with Crippen LogP contribution in [0, 0.1) is 0 Å². The van der Waals surface area contributed by atoms with Gasteiger partial charge >= 0.3 is 0 Å². The third-order valence-corrected chi connectivity index (χ3v) is 0.702. The Hall–Kier alpha value is -1.32. The van der Waals surface area contributed by atoms with Crippen molar-refractivity contribution >= 4 is 12.6 Å². The first kappa shape index (κ1) is 4.83. The van der Waals surface area contributed by atoms with Gasteiger partial charge in [0.05, 0.1) is 0 Å². The highest BCUT2D eigenvalue weighted by atomic mass is 16.1. The molecule has 0 aromatic carbocycles. The number of hydrogen-bond acceptors (Lipinski definition) is 4. The summed E-state index contributed by atoms with van der Waals surface area (Å²) in [7, 11) is 0. The maximum absolute atomic E-state index is 9.91. The number of allylic oxidation sites excluding steroid dienone is 1. The fourth-order valence-corrected chi connectivity index (χ4v) is 0.361. The molecule has 0 unspecified atom stereocenters. The number of nitrogens with zero attached hydrogens (tertiary/aromatic N) is 1. The Morgan fingerprint density at radius 2 is 2.50 bits per heavy atom. The quantitative estimate of drug-likeness (QED) is 0.434. The van der Waals surface area contributed by atoms with Gasteiger partial charge in [-0.25, -0.2) is 4.99 Å². The Balaban J connectivity index is 2.64. The van der Waals surface area contributed by atoms with Gasteiger partial charge in [0.25, 0.3) is 0 Å². The molecule has 0 bridgehead atoms. The molecule has 0 atom stereocenters. The molecule has 8 heavy (non-hydrogen) atoms. The van der Waals surface area contributed by atoms with Gasteiger partial charge in [0.2, 0.25) is 0 Å². The highest BCUT2D eigenvalue weighted by molar-refractivity contribution is 5.76. The van der Waals surface area contributed by atoms with Crippen LogP contribution >= 0.6 is 0 Å². The van der Waals surface area contributed by atoms with Gasteiger partial charge in [-0.05, 0) is 0 Å². The zero-order chi connectivity index (χ0) is 5.82. The Morgan fingerprint density at radius 1 is 1.62 bits per heavy atom. The minimum atomic E-state index is 0.392. The predicted octanol–water partition coefficient (Wildman–Crippen LogP) is -0.837. The van der Waals surface area contributed by atoms with E-state index in [1.807, 2.05) is 0 Å². The second-order valence-electron chi connectivity index (χ2n) is 1.23. The third-order valence-electron chi connectivity index (χ3n) is 0.702. The van der Waals surface area contributed by atoms with E-state index < -0.39 is 0 Å². The van der Waals surface area contributed by atoms with E-state index in [0.29, 0.717) is 12.0 Å². The maximum Gasteiger partial charge on any atom is 0.170 e. The van der Waals surface area contributed by atoms with E-state index in [1.54, 1.807) is 0 Å². The molecule has 1 aliphatic heterocycles. The van der Waals surface area contributed by atoms with Gasteiger partial charge in [0.15, 0.2) is 6.29 Å². The largest absolute Gasteiger partial charge is 0.305 e. The summed E-state index contributed by atoms with van der Waals surface area (Å²) in [5.41, 5.74) is 5.56. The number of nitrogens with one attached hydrogen (secondary N) is 2. The fourth-order valence-electron chi connectivity index (χ4n) is 0.361. The van der Waals surface area contributed by atoms with Crippen LogP contribution in [0.5, 0.6) is 0 Å². The Kier molecular flexibility index (Phi) is 1.27. The first-order valence-electron chi connectivity index (χ1n) is 2.12. The van der Waals surface area contributed by atoms with E-state index in [9.17, 15) is 4.79 Å². The minimum absolute atomic E-state index is 0.392. The highest BCUT2D eigenvalue weighted by Gasteiger charge is 1.90. The molecular formula is C4H5N3O. The van der Waals surface area contributed by atoms with Gasteiger partial charge in [0, 0.05) is 6.20 Å². The number of hydrazine groups is 1. The van der Waals surface area contributed by atoms with Crippen molar-refractivity contribution < 1.29 is 4.79 Å². The summed E-state index contributed by atoms with van der Waals surface area (Å²) in [5, 5.41) is 0. The second kappa shape index (κ2) is 2.11. The molecular weight excluding hydrogens is 106 g/mol. The summed E-state index contributed by atoms with van der Waals surface area (Å²) in [5.74, 6) is 0. The Bertz CT molecular complexity index is 149. The molecule has 0 amide bonds. The topological polar surface area (TPSA) is 53.5 Å². The van der Waals surface area contributed by atoms with Crippen LogP contribution in [0.15, 0.2) is 16.9 Å². The molecule has 4 nitrogen and oxygen atoms in total. The van der Waals surface area contributed by atoms with Crippen LogP contribution in [0.3, 0.4) is 0 Å². The zero-order valence-electron chi connectivity index (χ0n) is 4.09. The van der Waals surface area contributed by atoms with E-state index in [0.717, 1.165) is 0 Å². The standard InChI is InChI=1S/C4H5N3O/c8-2-4-1-6-7-3-5-4/h1-3,6H,(H,5,7). The van der Waals surface area contributed by atoms with Gasteiger partial charge in [-0.2, -0.15) is 0 Å². The number of carbonyl (C=O) groups excluding carboxylic acids is 1. The van der Waals surface area contributed by atoms with E-state index in [-0.39, 0.29) is 0 Å². The highest BCUT2D eigenvalue weighted by Crippen LogP contribution is 1.87. The monoisotopic (exact) mass is 111 g/mol. The van der Waals surface area contributed by atoms with Crippen molar-refractivity contribution in [2.24, 2.45) is 4.99 Å². The van der Waals surface area contributed by atoms with Crippen molar-refractivity contribution in [3.63, 3.8) is 0 Å². The number of aldehydes is 1. The fraction of sp³-hybridized carbons (Fsp3) is 0. The summed E-state index contributed by atoms with van der Waals surface area (Å²) in [6.45, 7) is 0. The first-order valence-corrected chi connectivity index (χ1v) is 2.12. The van der Waals surface area contributed by atoms with Gasteiger partial charge in [-0.1, -0.05) is 0 Å². The van der Waals surface area contributed by atoms with Crippen molar-refractivity contribution in [3.8, 4) is 0 Å². The van der Waals surface area contributed by atoms with E-state index in [1.165, 1.54) is 12.5 Å². The molecule has 1 rings (SSSR count). The van der Waals surface area contributed by atoms with Crippen molar-refractivity contribution in [1.82, 2.24) is 10.9 Å². The van der Waals surface area contributed by atoms with Crippen LogP contribution < -0.4 is 10.9 Å². The molecule has 0 aliphatic carbocycles. The molecule has 42 valence electrons. The van der Waals surface area contributed by atoms with Crippen LogP contribution in [0.25, 0.3) is 0 Å². The molecule has 0 aromatic rings. The lowest BCUT2D eigenvalue weighted by Crippen LogP contribution is -2.28. The molecule has 0 fully saturated rings. The normalized spacial score (nSPS) is 15.8. The lowest BCUT2D eigenvalue weighted by atomic mass is 10.5. The number of rotatable bonds is 1. The van der Waals surface area contributed by atoms with Gasteiger partial charge in [-0.15, -0.1) is 0 Å². The van der Waals surface area contributed by atoms with E-state index >= 15 is 0 Å². The molecule has 0 saturated carbocycles. The van der Waals surface area contributed by atoms with Crippen molar-refractivity contribution in [3.05, 3.63) is 11.9 Å². The van der Waals surface area contributed by atoms with E-state index in [4.69, 9.17) is 0 Å². The van der Waals surface area contributed by atoms with Gasteiger partial charge in [0.1, 0.15) is 12.0 Å². The molecule has 2 N–H and O–H groups in total. The van der Waals surface area contributed by atoms with Gasteiger partial charge < -0.3 is 5.43 Å². The Morgan fingerprint density at radius 3 is 2.88 bits per heavy atom. The lowest BCUT2D eigenvalue weighted by Gasteiger charge is -2.02. The summed E-state index contributed by atoms with van der Waals surface area (Å²) in [4.78, 5) is 13.6. The number of hydrogen-bond donors (Lipinski definition) is 2. The molecule has 1 heterocycles. The van der Waals surface area contributed by atoms with Crippen molar-refractivity contribution in [2.75, 3.05) is 0 Å². The minimum Gasteiger partial charge on any atom is -0.305 e. The van der Waals surface area contributed by atoms with E-state index in [2.05, 4.69) is 15.8 Å². The van der Waals surface area contributed by atoms with Crippen molar-refractivity contribution in [1.29, 1.82) is 0 Å². The number of carbonyl (C=O) groups is 1. The summed E-state index contributed by atoms with van der Waals surface area (Å²) in [6.07, 6.45) is 3.56. The van der Waals surface area contributed by atoms with Crippen LogP contribution in [0.4, 0.5) is 0 Å². The molecule has 0 radical (unpaired) electrons. The van der Waals surface area contributed by atoms with Crippen LogP contribution in [-0.2, 0) is 4.79 Å². The average molecular weight is 111 g/mol. The smallest absolute Gasteiger partial charge is 0.170 e. The second-order valence-corrected chi connectivity index (χ2v) is 1.23. The maximum atomic E-state index is 9.91. The molecule has 0 saturated heterocycles. The lowest BCUT2D eigenvalue weighted by molar-refractivity contribution is -0.105. The molecule has 0 spiro atoms. The zero-order valence-corrected chi connectivity index (χ0v) is 4.09. The molecule has 4 heteroatoms. The SMILES string of the molecule is O=CC1=CNNC=N1. The molecule has 1 aliphatic rings. The average Bonchev–Trinajstić information content (AvgIpc) is 1.90. The predicted molar refractivity (Wildman–Crippen MR) is 28.9 cm³/mol.